The Morgan fingerprint density at radius 1 is 1.42 bits per heavy atom. The lowest BCUT2D eigenvalue weighted by Crippen LogP contribution is -2.37. The Morgan fingerprint density at radius 2 is 2.16 bits per heavy atom. The van der Waals surface area contributed by atoms with Gasteiger partial charge >= 0.3 is 5.97 Å². The third-order valence-corrected chi connectivity index (χ3v) is 3.04. The molecule has 1 heterocycles. The van der Waals surface area contributed by atoms with Crippen LogP contribution in [0.15, 0.2) is 18.2 Å². The van der Waals surface area contributed by atoms with Gasteiger partial charge in [0, 0.05) is 12.1 Å². The van der Waals surface area contributed by atoms with E-state index in [0.29, 0.717) is 24.1 Å². The average molecular weight is 262 g/mol. The molecule has 3 N–H and O–H groups in total. The number of rotatable bonds is 3. The summed E-state index contributed by atoms with van der Waals surface area (Å²) in [6.07, 6.45) is 0.839. The van der Waals surface area contributed by atoms with Gasteiger partial charge in [-0.25, -0.2) is 4.79 Å². The molecule has 19 heavy (non-hydrogen) atoms. The molecule has 0 unspecified atom stereocenters. The van der Waals surface area contributed by atoms with E-state index in [9.17, 15) is 14.4 Å². The van der Waals surface area contributed by atoms with E-state index in [2.05, 4.69) is 10.6 Å². The van der Waals surface area contributed by atoms with Gasteiger partial charge in [0.15, 0.2) is 0 Å². The zero-order chi connectivity index (χ0) is 14.0. The largest absolute Gasteiger partial charge is 0.478 e. The lowest BCUT2D eigenvalue weighted by atomic mass is 10.1. The highest BCUT2D eigenvalue weighted by Gasteiger charge is 2.27. The number of aromatic carboxylic acids is 1. The molecule has 1 aromatic rings. The first-order chi connectivity index (χ1) is 8.97. The van der Waals surface area contributed by atoms with Gasteiger partial charge in [-0.2, -0.15) is 0 Å². The fraction of sp³-hybridized carbons (Fsp3) is 0.308. The van der Waals surface area contributed by atoms with Crippen molar-refractivity contribution in [1.29, 1.82) is 0 Å². The summed E-state index contributed by atoms with van der Waals surface area (Å²) in [6.45, 7) is 1.66. The Bertz CT molecular complexity index is 554. The number of amides is 2. The molecule has 0 saturated carbocycles. The van der Waals surface area contributed by atoms with Crippen LogP contribution >= 0.6 is 0 Å². The first-order valence-corrected chi connectivity index (χ1v) is 5.91. The van der Waals surface area contributed by atoms with Gasteiger partial charge < -0.3 is 15.7 Å². The van der Waals surface area contributed by atoms with Crippen LogP contribution in [0.3, 0.4) is 0 Å². The van der Waals surface area contributed by atoms with Crippen molar-refractivity contribution in [3.8, 4) is 0 Å². The smallest absolute Gasteiger partial charge is 0.335 e. The maximum atomic E-state index is 11.8. The number of benzene rings is 1. The van der Waals surface area contributed by atoms with Crippen LogP contribution in [0.2, 0.25) is 0 Å². The standard InChI is InChI=1S/C13H14N2O4/c1-7-6-8(2-3-9(7)13(18)19)14-12(17)10-4-5-11(16)15-10/h2-3,6,10H,4-5H2,1H3,(H,14,17)(H,15,16)(H,18,19)/t10-/m0/s1. The van der Waals surface area contributed by atoms with Crippen LogP contribution < -0.4 is 10.6 Å². The number of carboxylic acid groups (broad SMARTS) is 1. The van der Waals surface area contributed by atoms with Crippen LogP contribution in [-0.2, 0) is 9.59 Å². The van der Waals surface area contributed by atoms with E-state index in [4.69, 9.17) is 5.11 Å². The number of carboxylic acids is 1. The lowest BCUT2D eigenvalue weighted by molar-refractivity contribution is -0.122. The predicted octanol–water partition coefficient (Wildman–Crippen LogP) is 0.910. The molecule has 2 amide bonds. The van der Waals surface area contributed by atoms with E-state index < -0.39 is 12.0 Å². The molecule has 100 valence electrons. The molecule has 0 spiro atoms. The molecule has 6 heteroatoms. The molecule has 0 aromatic heterocycles. The van der Waals surface area contributed by atoms with E-state index in [-0.39, 0.29) is 17.4 Å². The highest BCUT2D eigenvalue weighted by molar-refractivity contribution is 5.99. The SMILES string of the molecule is Cc1cc(NC(=O)[C@@H]2CCC(=O)N2)ccc1C(=O)O. The van der Waals surface area contributed by atoms with Crippen molar-refractivity contribution in [3.05, 3.63) is 29.3 Å². The predicted molar refractivity (Wildman–Crippen MR) is 67.9 cm³/mol. The van der Waals surface area contributed by atoms with Crippen LogP contribution in [0.1, 0.15) is 28.8 Å². The summed E-state index contributed by atoms with van der Waals surface area (Å²) < 4.78 is 0. The molecule has 1 aromatic carbocycles. The maximum Gasteiger partial charge on any atom is 0.335 e. The zero-order valence-corrected chi connectivity index (χ0v) is 10.4. The first-order valence-electron chi connectivity index (χ1n) is 5.91. The van der Waals surface area contributed by atoms with Gasteiger partial charge in [0.25, 0.3) is 0 Å². The van der Waals surface area contributed by atoms with Gasteiger partial charge in [0.1, 0.15) is 6.04 Å². The van der Waals surface area contributed by atoms with Crippen LogP contribution in [0, 0.1) is 6.92 Å². The Labute approximate surface area is 109 Å². The third-order valence-electron chi connectivity index (χ3n) is 3.04. The summed E-state index contributed by atoms with van der Waals surface area (Å²) in [5.41, 5.74) is 1.29. The van der Waals surface area contributed by atoms with E-state index in [1.807, 2.05) is 0 Å². The summed E-state index contributed by atoms with van der Waals surface area (Å²) in [7, 11) is 0. The molecule has 0 aliphatic carbocycles. The molecule has 0 radical (unpaired) electrons. The summed E-state index contributed by atoms with van der Waals surface area (Å²) in [4.78, 5) is 33.7. The maximum absolute atomic E-state index is 11.8. The van der Waals surface area contributed by atoms with Crippen molar-refractivity contribution in [2.75, 3.05) is 5.32 Å². The Morgan fingerprint density at radius 3 is 2.68 bits per heavy atom. The topological polar surface area (TPSA) is 95.5 Å². The highest BCUT2D eigenvalue weighted by atomic mass is 16.4. The van der Waals surface area contributed by atoms with E-state index in [1.165, 1.54) is 12.1 Å². The summed E-state index contributed by atoms with van der Waals surface area (Å²) >= 11 is 0. The van der Waals surface area contributed by atoms with E-state index in [0.717, 1.165) is 0 Å². The van der Waals surface area contributed by atoms with Crippen molar-refractivity contribution in [3.63, 3.8) is 0 Å². The minimum Gasteiger partial charge on any atom is -0.478 e. The zero-order valence-electron chi connectivity index (χ0n) is 10.4. The summed E-state index contributed by atoms with van der Waals surface area (Å²) in [5, 5.41) is 14.1. The second-order valence-corrected chi connectivity index (χ2v) is 4.48. The minimum atomic E-state index is -1.00. The van der Waals surface area contributed by atoms with Gasteiger partial charge in [-0.05, 0) is 37.1 Å². The number of anilines is 1. The quantitative estimate of drug-likeness (QED) is 0.754. The number of hydrogen-bond acceptors (Lipinski definition) is 3. The van der Waals surface area contributed by atoms with Crippen LogP contribution in [0.4, 0.5) is 5.69 Å². The molecule has 1 aliphatic rings. The Balaban J connectivity index is 2.07. The normalized spacial score (nSPS) is 17.9. The van der Waals surface area contributed by atoms with Gasteiger partial charge in [0.2, 0.25) is 11.8 Å². The molecular weight excluding hydrogens is 248 g/mol. The van der Waals surface area contributed by atoms with Crippen LogP contribution in [0.25, 0.3) is 0 Å². The van der Waals surface area contributed by atoms with Crippen LogP contribution in [0.5, 0.6) is 0 Å². The first kappa shape index (κ1) is 13.1. The highest BCUT2D eigenvalue weighted by Crippen LogP contribution is 2.16. The monoisotopic (exact) mass is 262 g/mol. The van der Waals surface area contributed by atoms with Gasteiger partial charge in [-0.15, -0.1) is 0 Å². The molecule has 0 bridgehead atoms. The van der Waals surface area contributed by atoms with Crippen molar-refractivity contribution in [1.82, 2.24) is 5.32 Å². The average Bonchev–Trinajstić information content (AvgIpc) is 2.75. The molecule has 1 aliphatic heterocycles. The molecule has 1 fully saturated rings. The van der Waals surface area contributed by atoms with Crippen molar-refractivity contribution < 1.29 is 19.5 Å². The number of carbonyl (C=O) groups is 3. The molecule has 2 rings (SSSR count). The number of hydrogen-bond donors (Lipinski definition) is 3. The summed E-state index contributed by atoms with van der Waals surface area (Å²) in [5.74, 6) is -1.41. The van der Waals surface area contributed by atoms with Crippen LogP contribution in [-0.4, -0.2) is 28.9 Å². The van der Waals surface area contributed by atoms with E-state index in [1.54, 1.807) is 13.0 Å². The van der Waals surface area contributed by atoms with Crippen molar-refractivity contribution >= 4 is 23.5 Å². The minimum absolute atomic E-state index is 0.127. The second kappa shape index (κ2) is 5.09. The Kier molecular flexibility index (Phi) is 3.50. The number of aryl methyl sites for hydroxylation is 1. The molecule has 1 atom stereocenters. The lowest BCUT2D eigenvalue weighted by Gasteiger charge is -2.12. The van der Waals surface area contributed by atoms with Gasteiger partial charge in [0.05, 0.1) is 5.56 Å². The van der Waals surface area contributed by atoms with E-state index >= 15 is 0 Å². The second-order valence-electron chi connectivity index (χ2n) is 4.48. The molecule has 1 saturated heterocycles. The Hall–Kier alpha value is -2.37. The molecular formula is C13H14N2O4. The van der Waals surface area contributed by atoms with Crippen molar-refractivity contribution in [2.45, 2.75) is 25.8 Å². The van der Waals surface area contributed by atoms with Crippen molar-refractivity contribution in [2.24, 2.45) is 0 Å². The number of nitrogens with one attached hydrogen (secondary N) is 2. The van der Waals surface area contributed by atoms with Gasteiger partial charge in [-0.3, -0.25) is 9.59 Å². The summed E-state index contributed by atoms with van der Waals surface area (Å²) in [6, 6.07) is 4.07. The fourth-order valence-electron chi connectivity index (χ4n) is 2.02. The van der Waals surface area contributed by atoms with Gasteiger partial charge in [-0.1, -0.05) is 0 Å². The third kappa shape index (κ3) is 2.90. The molecule has 6 nitrogen and oxygen atoms in total. The number of carbonyl (C=O) groups excluding carboxylic acids is 2. The fourth-order valence-corrected chi connectivity index (χ4v) is 2.02.